The Morgan fingerprint density at radius 2 is 1.71 bits per heavy atom. The summed E-state index contributed by atoms with van der Waals surface area (Å²) < 4.78 is 6.12. The summed E-state index contributed by atoms with van der Waals surface area (Å²) in [5.41, 5.74) is 8.27. The standard InChI is InChI=1S/C18H22ClNO/c1-12(2)14-7-6-8-15(11-14)21-18(13(3)20)16-9-4-5-10-17(16)19/h4-13,18H,20H2,1-3H3. The van der Waals surface area contributed by atoms with Gasteiger partial charge in [-0.15, -0.1) is 0 Å². The van der Waals surface area contributed by atoms with E-state index >= 15 is 0 Å². The fourth-order valence-electron chi connectivity index (χ4n) is 2.25. The molecule has 0 spiro atoms. The van der Waals surface area contributed by atoms with Crippen LogP contribution in [0.4, 0.5) is 0 Å². The lowest BCUT2D eigenvalue weighted by Gasteiger charge is -2.24. The topological polar surface area (TPSA) is 35.2 Å². The molecule has 0 saturated heterocycles. The molecule has 0 aromatic heterocycles. The lowest BCUT2D eigenvalue weighted by molar-refractivity contribution is 0.180. The highest BCUT2D eigenvalue weighted by Gasteiger charge is 2.21. The van der Waals surface area contributed by atoms with Crippen LogP contribution in [0, 0.1) is 0 Å². The number of nitrogens with two attached hydrogens (primary N) is 1. The second-order valence-corrected chi connectivity index (χ2v) is 6.05. The molecular weight excluding hydrogens is 282 g/mol. The molecule has 2 N–H and O–H groups in total. The van der Waals surface area contributed by atoms with Crippen LogP contribution in [0.5, 0.6) is 5.75 Å². The Kier molecular flexibility index (Phi) is 5.27. The Labute approximate surface area is 131 Å². The second kappa shape index (κ2) is 6.97. The highest BCUT2D eigenvalue weighted by molar-refractivity contribution is 6.31. The first-order chi connectivity index (χ1) is 9.99. The van der Waals surface area contributed by atoms with Gasteiger partial charge in [0.2, 0.25) is 0 Å². The van der Waals surface area contributed by atoms with E-state index in [1.54, 1.807) is 0 Å². The molecule has 0 aliphatic heterocycles. The normalized spacial score (nSPS) is 14.0. The summed E-state index contributed by atoms with van der Waals surface area (Å²) >= 11 is 6.28. The molecule has 0 aliphatic rings. The number of halogens is 1. The van der Waals surface area contributed by atoms with E-state index in [0.29, 0.717) is 10.9 Å². The summed E-state index contributed by atoms with van der Waals surface area (Å²) in [6.07, 6.45) is -0.263. The molecule has 2 unspecified atom stereocenters. The maximum Gasteiger partial charge on any atom is 0.140 e. The molecule has 0 heterocycles. The summed E-state index contributed by atoms with van der Waals surface area (Å²) in [6.45, 7) is 6.26. The van der Waals surface area contributed by atoms with Gasteiger partial charge in [-0.2, -0.15) is 0 Å². The zero-order valence-electron chi connectivity index (χ0n) is 12.7. The van der Waals surface area contributed by atoms with Crippen LogP contribution in [0.3, 0.4) is 0 Å². The fraction of sp³-hybridized carbons (Fsp3) is 0.333. The average molecular weight is 304 g/mol. The van der Waals surface area contributed by atoms with Crippen molar-refractivity contribution < 1.29 is 4.74 Å². The smallest absolute Gasteiger partial charge is 0.140 e. The largest absolute Gasteiger partial charge is 0.484 e. The van der Waals surface area contributed by atoms with Crippen molar-refractivity contribution in [2.75, 3.05) is 0 Å². The third kappa shape index (κ3) is 3.99. The maximum atomic E-state index is 6.28. The Morgan fingerprint density at radius 3 is 2.33 bits per heavy atom. The zero-order valence-corrected chi connectivity index (χ0v) is 13.5. The number of benzene rings is 2. The number of ether oxygens (including phenoxy) is 1. The lowest BCUT2D eigenvalue weighted by atomic mass is 10.0. The molecule has 2 nitrogen and oxygen atoms in total. The van der Waals surface area contributed by atoms with E-state index in [2.05, 4.69) is 26.0 Å². The first-order valence-electron chi connectivity index (χ1n) is 7.25. The molecule has 0 bridgehead atoms. The summed E-state index contributed by atoms with van der Waals surface area (Å²) in [7, 11) is 0. The van der Waals surface area contributed by atoms with E-state index in [-0.39, 0.29) is 12.1 Å². The lowest BCUT2D eigenvalue weighted by Crippen LogP contribution is -2.29. The van der Waals surface area contributed by atoms with Gasteiger partial charge in [0.05, 0.1) is 0 Å². The van der Waals surface area contributed by atoms with E-state index in [1.165, 1.54) is 5.56 Å². The summed E-state index contributed by atoms with van der Waals surface area (Å²) in [4.78, 5) is 0. The second-order valence-electron chi connectivity index (χ2n) is 5.65. The highest BCUT2D eigenvalue weighted by Crippen LogP contribution is 2.30. The minimum atomic E-state index is -0.263. The van der Waals surface area contributed by atoms with Crippen LogP contribution in [-0.2, 0) is 0 Å². The van der Waals surface area contributed by atoms with E-state index in [1.807, 2.05) is 43.3 Å². The summed E-state index contributed by atoms with van der Waals surface area (Å²) in [6, 6.07) is 15.7. The molecular formula is C18H22ClNO. The number of rotatable bonds is 5. The number of hydrogen-bond donors (Lipinski definition) is 1. The minimum Gasteiger partial charge on any atom is -0.484 e. The first-order valence-corrected chi connectivity index (χ1v) is 7.63. The SMILES string of the molecule is CC(C)c1cccc(OC(c2ccccc2Cl)C(C)N)c1. The van der Waals surface area contributed by atoms with Gasteiger partial charge >= 0.3 is 0 Å². The van der Waals surface area contributed by atoms with Crippen molar-refractivity contribution >= 4 is 11.6 Å². The van der Waals surface area contributed by atoms with Gasteiger partial charge in [-0.1, -0.05) is 55.8 Å². The van der Waals surface area contributed by atoms with E-state index in [0.717, 1.165) is 11.3 Å². The van der Waals surface area contributed by atoms with Gasteiger partial charge in [0.25, 0.3) is 0 Å². The van der Waals surface area contributed by atoms with Crippen molar-refractivity contribution in [1.82, 2.24) is 0 Å². The molecule has 0 amide bonds. The first kappa shape index (κ1) is 15.9. The van der Waals surface area contributed by atoms with Gasteiger partial charge in [-0.25, -0.2) is 0 Å². The van der Waals surface area contributed by atoms with E-state index in [9.17, 15) is 0 Å². The third-order valence-electron chi connectivity index (χ3n) is 3.48. The predicted octanol–water partition coefficient (Wildman–Crippen LogP) is 4.93. The molecule has 0 aliphatic carbocycles. The van der Waals surface area contributed by atoms with Gasteiger partial charge in [-0.05, 0) is 36.6 Å². The quantitative estimate of drug-likeness (QED) is 0.850. The van der Waals surface area contributed by atoms with Crippen LogP contribution in [0.1, 0.15) is 43.9 Å². The van der Waals surface area contributed by atoms with Crippen LogP contribution in [-0.4, -0.2) is 6.04 Å². The molecule has 21 heavy (non-hydrogen) atoms. The Hall–Kier alpha value is -1.51. The van der Waals surface area contributed by atoms with E-state index in [4.69, 9.17) is 22.1 Å². The molecule has 2 rings (SSSR count). The van der Waals surface area contributed by atoms with Crippen molar-refractivity contribution in [3.8, 4) is 5.75 Å². The van der Waals surface area contributed by atoms with Crippen molar-refractivity contribution in [2.45, 2.75) is 38.8 Å². The maximum absolute atomic E-state index is 6.28. The third-order valence-corrected chi connectivity index (χ3v) is 3.82. The van der Waals surface area contributed by atoms with Gasteiger partial charge in [-0.3, -0.25) is 0 Å². The van der Waals surface area contributed by atoms with Crippen molar-refractivity contribution in [2.24, 2.45) is 5.73 Å². The van der Waals surface area contributed by atoms with Crippen LogP contribution < -0.4 is 10.5 Å². The van der Waals surface area contributed by atoms with Crippen LogP contribution in [0.15, 0.2) is 48.5 Å². The molecule has 0 saturated carbocycles. The Bertz CT molecular complexity index is 595. The summed E-state index contributed by atoms with van der Waals surface area (Å²) in [5, 5.41) is 0.680. The predicted molar refractivity (Wildman–Crippen MR) is 89.0 cm³/mol. The van der Waals surface area contributed by atoms with Crippen molar-refractivity contribution in [3.05, 3.63) is 64.7 Å². The van der Waals surface area contributed by atoms with Gasteiger partial charge < -0.3 is 10.5 Å². The summed E-state index contributed by atoms with van der Waals surface area (Å²) in [5.74, 6) is 1.28. The molecule has 3 heteroatoms. The van der Waals surface area contributed by atoms with Crippen LogP contribution in [0.2, 0.25) is 5.02 Å². The minimum absolute atomic E-state index is 0.160. The fourth-order valence-corrected chi connectivity index (χ4v) is 2.50. The van der Waals surface area contributed by atoms with Gasteiger partial charge in [0, 0.05) is 16.6 Å². The Morgan fingerprint density at radius 1 is 1.00 bits per heavy atom. The Balaban J connectivity index is 2.29. The molecule has 2 atom stereocenters. The van der Waals surface area contributed by atoms with Gasteiger partial charge in [0.1, 0.15) is 11.9 Å². The van der Waals surface area contributed by atoms with Crippen LogP contribution >= 0.6 is 11.6 Å². The highest BCUT2D eigenvalue weighted by atomic mass is 35.5. The molecule has 2 aromatic carbocycles. The number of hydrogen-bond acceptors (Lipinski definition) is 2. The van der Waals surface area contributed by atoms with Crippen LogP contribution in [0.25, 0.3) is 0 Å². The molecule has 0 radical (unpaired) electrons. The van der Waals surface area contributed by atoms with E-state index < -0.39 is 0 Å². The van der Waals surface area contributed by atoms with Gasteiger partial charge in [0.15, 0.2) is 0 Å². The average Bonchev–Trinajstić information content (AvgIpc) is 2.45. The van der Waals surface area contributed by atoms with Crippen molar-refractivity contribution in [1.29, 1.82) is 0 Å². The van der Waals surface area contributed by atoms with Crippen molar-refractivity contribution in [3.63, 3.8) is 0 Å². The monoisotopic (exact) mass is 303 g/mol. The zero-order chi connectivity index (χ0) is 15.4. The molecule has 2 aromatic rings. The molecule has 0 fully saturated rings. The molecule has 112 valence electrons.